The van der Waals surface area contributed by atoms with E-state index in [0.717, 1.165) is 17.0 Å². The molecule has 0 aromatic heterocycles. The van der Waals surface area contributed by atoms with Gasteiger partial charge in [0.05, 0.1) is 0 Å². The molecule has 2 rings (SSSR count). The largest absolute Gasteiger partial charge is 0.480 e. The zero-order valence-electron chi connectivity index (χ0n) is 10.2. The third kappa shape index (κ3) is 3.44. The molecule has 1 aromatic rings. The summed E-state index contributed by atoms with van der Waals surface area (Å²) < 4.78 is 27.4. The molecule has 0 spiro atoms. The first-order chi connectivity index (χ1) is 9.38. The molecule has 1 aliphatic rings. The maximum absolute atomic E-state index is 13.6. The topological polar surface area (TPSA) is 69.6 Å². The fourth-order valence-corrected chi connectivity index (χ4v) is 2.14. The number of halogens is 3. The highest BCUT2D eigenvalue weighted by Crippen LogP contribution is 2.29. The number of hydrogen-bond donors (Lipinski definition) is 2. The van der Waals surface area contributed by atoms with Crippen molar-refractivity contribution >= 4 is 33.6 Å². The molecule has 5 nitrogen and oxygen atoms in total. The molecule has 0 bridgehead atoms. The summed E-state index contributed by atoms with van der Waals surface area (Å²) in [5.74, 6) is -3.05. The lowest BCUT2D eigenvalue weighted by Gasteiger charge is -2.21. The van der Waals surface area contributed by atoms with E-state index < -0.39 is 35.9 Å². The van der Waals surface area contributed by atoms with Crippen molar-refractivity contribution < 1.29 is 23.5 Å². The van der Waals surface area contributed by atoms with Gasteiger partial charge in [0, 0.05) is 10.5 Å². The zero-order valence-corrected chi connectivity index (χ0v) is 11.8. The Morgan fingerprint density at radius 1 is 1.35 bits per heavy atom. The fraction of sp³-hybridized carbons (Fsp3) is 0.333. The number of rotatable bonds is 4. The van der Waals surface area contributed by atoms with E-state index in [2.05, 4.69) is 21.2 Å². The van der Waals surface area contributed by atoms with Gasteiger partial charge in [-0.2, -0.15) is 0 Å². The van der Waals surface area contributed by atoms with Gasteiger partial charge >= 0.3 is 12.0 Å². The van der Waals surface area contributed by atoms with Gasteiger partial charge in [-0.15, -0.1) is 0 Å². The minimum atomic E-state index is -1.18. The number of benzene rings is 1. The van der Waals surface area contributed by atoms with Gasteiger partial charge < -0.3 is 15.3 Å². The average Bonchev–Trinajstić information content (AvgIpc) is 3.14. The lowest BCUT2D eigenvalue weighted by atomic mass is 10.3. The van der Waals surface area contributed by atoms with Gasteiger partial charge in [-0.1, -0.05) is 15.9 Å². The number of carbonyl (C=O) groups excluding carboxylic acids is 1. The highest BCUT2D eigenvalue weighted by Gasteiger charge is 2.34. The SMILES string of the molecule is O=C(O)CN(C(=O)Nc1c(F)cc(Br)cc1F)C1CC1. The van der Waals surface area contributed by atoms with Crippen LogP contribution in [0.2, 0.25) is 0 Å². The van der Waals surface area contributed by atoms with Crippen molar-refractivity contribution in [3.05, 3.63) is 28.2 Å². The number of amides is 2. The lowest BCUT2D eigenvalue weighted by molar-refractivity contribution is -0.137. The number of anilines is 1. The van der Waals surface area contributed by atoms with E-state index in [-0.39, 0.29) is 10.5 Å². The van der Waals surface area contributed by atoms with Crippen LogP contribution in [0, 0.1) is 11.6 Å². The van der Waals surface area contributed by atoms with Gasteiger partial charge in [0.1, 0.15) is 12.2 Å². The second kappa shape index (κ2) is 5.74. The van der Waals surface area contributed by atoms with Gasteiger partial charge in [0.2, 0.25) is 0 Å². The van der Waals surface area contributed by atoms with Gasteiger partial charge in [-0.05, 0) is 25.0 Å². The smallest absolute Gasteiger partial charge is 0.323 e. The number of carbonyl (C=O) groups is 2. The zero-order chi connectivity index (χ0) is 14.9. The molecule has 1 fully saturated rings. The molecule has 0 unspecified atom stereocenters. The third-order valence-corrected chi connectivity index (χ3v) is 3.25. The summed E-state index contributed by atoms with van der Waals surface area (Å²) in [6.07, 6.45) is 1.37. The van der Waals surface area contributed by atoms with Crippen LogP contribution in [0.1, 0.15) is 12.8 Å². The lowest BCUT2D eigenvalue weighted by Crippen LogP contribution is -2.40. The van der Waals surface area contributed by atoms with Crippen LogP contribution in [0.25, 0.3) is 0 Å². The number of urea groups is 1. The summed E-state index contributed by atoms with van der Waals surface area (Å²) >= 11 is 2.93. The van der Waals surface area contributed by atoms with Gasteiger partial charge in [-0.25, -0.2) is 13.6 Å². The van der Waals surface area contributed by atoms with Gasteiger partial charge in [0.25, 0.3) is 0 Å². The van der Waals surface area contributed by atoms with Crippen molar-refractivity contribution in [2.75, 3.05) is 11.9 Å². The fourth-order valence-electron chi connectivity index (χ4n) is 1.74. The van der Waals surface area contributed by atoms with Crippen LogP contribution >= 0.6 is 15.9 Å². The van der Waals surface area contributed by atoms with Crippen molar-refractivity contribution in [1.82, 2.24) is 4.90 Å². The molecule has 0 aliphatic heterocycles. The molecule has 0 heterocycles. The van der Waals surface area contributed by atoms with E-state index in [1.54, 1.807) is 0 Å². The first-order valence-electron chi connectivity index (χ1n) is 5.82. The molecular formula is C12H11BrF2N2O3. The van der Waals surface area contributed by atoms with Crippen molar-refractivity contribution in [3.8, 4) is 0 Å². The van der Waals surface area contributed by atoms with Crippen LogP contribution in [-0.4, -0.2) is 34.6 Å². The molecular weight excluding hydrogens is 338 g/mol. The monoisotopic (exact) mass is 348 g/mol. The second-order valence-electron chi connectivity index (χ2n) is 4.43. The predicted molar refractivity (Wildman–Crippen MR) is 70.4 cm³/mol. The van der Waals surface area contributed by atoms with Crippen molar-refractivity contribution in [2.45, 2.75) is 18.9 Å². The standard InChI is InChI=1S/C12H11BrF2N2O3/c13-6-3-8(14)11(9(15)4-6)16-12(20)17(5-10(18)19)7-1-2-7/h3-4,7H,1-2,5H2,(H,16,20)(H,18,19). The molecule has 1 aromatic carbocycles. The number of carboxylic acids is 1. The van der Waals surface area contributed by atoms with Crippen LogP contribution < -0.4 is 5.32 Å². The first-order valence-corrected chi connectivity index (χ1v) is 6.61. The van der Waals surface area contributed by atoms with Crippen molar-refractivity contribution in [2.24, 2.45) is 0 Å². The van der Waals surface area contributed by atoms with Crippen LogP contribution in [0.4, 0.5) is 19.3 Å². The van der Waals surface area contributed by atoms with Crippen LogP contribution in [-0.2, 0) is 4.79 Å². The van der Waals surface area contributed by atoms with Crippen molar-refractivity contribution in [3.63, 3.8) is 0 Å². The van der Waals surface area contributed by atoms with Crippen molar-refractivity contribution in [1.29, 1.82) is 0 Å². The molecule has 0 radical (unpaired) electrons. The van der Waals surface area contributed by atoms with E-state index in [1.165, 1.54) is 0 Å². The Labute approximate surface area is 121 Å². The Hall–Kier alpha value is -1.70. The molecule has 8 heteroatoms. The molecule has 20 heavy (non-hydrogen) atoms. The summed E-state index contributed by atoms with van der Waals surface area (Å²) in [6, 6.07) is 1.01. The van der Waals surface area contributed by atoms with Crippen LogP contribution in [0.15, 0.2) is 16.6 Å². The summed E-state index contributed by atoms with van der Waals surface area (Å²) in [5.41, 5.74) is -0.589. The normalized spacial score (nSPS) is 13.9. The molecule has 1 saturated carbocycles. The van der Waals surface area contributed by atoms with Crippen LogP contribution in [0.3, 0.4) is 0 Å². The highest BCUT2D eigenvalue weighted by atomic mass is 79.9. The number of nitrogens with zero attached hydrogens (tertiary/aromatic N) is 1. The maximum atomic E-state index is 13.6. The quantitative estimate of drug-likeness (QED) is 0.878. The molecule has 0 atom stereocenters. The highest BCUT2D eigenvalue weighted by molar-refractivity contribution is 9.10. The summed E-state index contributed by atoms with van der Waals surface area (Å²) in [6.45, 7) is -0.504. The minimum absolute atomic E-state index is 0.187. The molecule has 108 valence electrons. The van der Waals surface area contributed by atoms with Crippen LogP contribution in [0.5, 0.6) is 0 Å². The predicted octanol–water partition coefficient (Wildman–Crippen LogP) is 2.81. The van der Waals surface area contributed by atoms with E-state index in [9.17, 15) is 18.4 Å². The Morgan fingerprint density at radius 2 is 1.90 bits per heavy atom. The summed E-state index contributed by atoms with van der Waals surface area (Å²) in [7, 11) is 0. The molecule has 0 saturated heterocycles. The van der Waals surface area contributed by atoms with E-state index in [1.807, 2.05) is 0 Å². The van der Waals surface area contributed by atoms with E-state index >= 15 is 0 Å². The average molecular weight is 349 g/mol. The Balaban J connectivity index is 2.16. The minimum Gasteiger partial charge on any atom is -0.480 e. The summed E-state index contributed by atoms with van der Waals surface area (Å²) in [4.78, 5) is 23.7. The number of nitrogens with one attached hydrogen (secondary N) is 1. The molecule has 1 aliphatic carbocycles. The number of aliphatic carboxylic acids is 1. The molecule has 2 amide bonds. The Morgan fingerprint density at radius 3 is 2.35 bits per heavy atom. The van der Waals surface area contributed by atoms with Gasteiger partial charge in [0.15, 0.2) is 11.6 Å². The third-order valence-electron chi connectivity index (χ3n) is 2.79. The van der Waals surface area contributed by atoms with E-state index in [4.69, 9.17) is 5.11 Å². The number of carboxylic acid groups (broad SMARTS) is 1. The Bertz CT molecular complexity index is 541. The summed E-state index contributed by atoms with van der Waals surface area (Å²) in [5, 5.41) is 10.8. The second-order valence-corrected chi connectivity index (χ2v) is 5.34. The Kier molecular flexibility index (Phi) is 4.22. The number of hydrogen-bond acceptors (Lipinski definition) is 2. The maximum Gasteiger partial charge on any atom is 0.323 e. The first kappa shape index (κ1) is 14.7. The van der Waals surface area contributed by atoms with Gasteiger partial charge in [-0.3, -0.25) is 4.79 Å². The van der Waals surface area contributed by atoms with E-state index in [0.29, 0.717) is 12.8 Å². The molecule has 2 N–H and O–H groups in total.